The highest BCUT2D eigenvalue weighted by atomic mass is 35.5. The van der Waals surface area contributed by atoms with E-state index in [1.807, 2.05) is 51.6 Å². The van der Waals surface area contributed by atoms with Crippen molar-refractivity contribution in [1.82, 2.24) is 4.98 Å². The predicted molar refractivity (Wildman–Crippen MR) is 113 cm³/mol. The van der Waals surface area contributed by atoms with Crippen LogP contribution in [0.5, 0.6) is 0 Å². The predicted octanol–water partition coefficient (Wildman–Crippen LogP) is 0.308. The van der Waals surface area contributed by atoms with Crippen LogP contribution in [0.2, 0.25) is 0 Å². The highest BCUT2D eigenvalue weighted by molar-refractivity contribution is 5.85. The number of fused-ring (bicyclic) bond motifs is 1. The molecule has 0 amide bonds. The van der Waals surface area contributed by atoms with Gasteiger partial charge in [0.05, 0.1) is 21.1 Å². The molecule has 2 rings (SSSR count). The Hall–Kier alpha value is -2.62. The molecule has 30 heavy (non-hydrogen) atoms. The number of benzene rings is 1. The van der Waals surface area contributed by atoms with Crippen molar-refractivity contribution >= 4 is 41.2 Å². The average molecular weight is 444 g/mol. The second-order valence-corrected chi connectivity index (χ2v) is 7.79. The van der Waals surface area contributed by atoms with Crippen LogP contribution < -0.4 is 10.8 Å². The molecule has 1 heterocycles. The number of H-pyrrole nitrogens is 1. The van der Waals surface area contributed by atoms with Crippen LogP contribution in [0, 0.1) is 0 Å². The first-order valence-electron chi connectivity index (χ1n) is 9.10. The molecule has 10 heteroatoms. The molecule has 0 fully saturated rings. The van der Waals surface area contributed by atoms with Crippen molar-refractivity contribution in [3.63, 3.8) is 0 Å². The monoisotopic (exact) mass is 443 g/mol. The summed E-state index contributed by atoms with van der Waals surface area (Å²) in [4.78, 5) is 34.8. The van der Waals surface area contributed by atoms with Crippen molar-refractivity contribution < 1.29 is 33.8 Å². The first-order chi connectivity index (χ1) is 13.4. The maximum atomic E-state index is 10.7. The number of para-hydroxylation sites is 1. The van der Waals surface area contributed by atoms with Crippen molar-refractivity contribution in [2.45, 2.75) is 31.9 Å². The van der Waals surface area contributed by atoms with Gasteiger partial charge in [0.15, 0.2) is 6.10 Å². The largest absolute Gasteiger partial charge is 0.550 e. The van der Waals surface area contributed by atoms with Crippen LogP contribution in [-0.4, -0.2) is 72.3 Å². The van der Waals surface area contributed by atoms with Gasteiger partial charge in [-0.3, -0.25) is 9.59 Å². The number of aromatic amines is 1. The summed E-state index contributed by atoms with van der Waals surface area (Å²) in [6.45, 7) is 1.71. The third-order valence-corrected chi connectivity index (χ3v) is 3.91. The number of carbonyl (C=O) groups is 3. The molecule has 0 aliphatic carbocycles. The number of quaternary nitrogens is 1. The molecule has 2 atom stereocenters. The van der Waals surface area contributed by atoms with Gasteiger partial charge in [-0.25, -0.2) is 0 Å². The molecule has 2 aromatic rings. The van der Waals surface area contributed by atoms with Crippen molar-refractivity contribution in [3.05, 3.63) is 36.0 Å². The number of carboxylic acid groups (broad SMARTS) is 2. The van der Waals surface area contributed by atoms with Crippen LogP contribution in [0.4, 0.5) is 0 Å². The Kier molecular flexibility index (Phi) is 11.1. The third kappa shape index (κ3) is 10.2. The van der Waals surface area contributed by atoms with Crippen LogP contribution >= 0.6 is 12.4 Å². The van der Waals surface area contributed by atoms with Gasteiger partial charge in [-0.15, -0.1) is 12.4 Å². The van der Waals surface area contributed by atoms with Gasteiger partial charge in [-0.05, 0) is 11.6 Å². The van der Waals surface area contributed by atoms with Crippen molar-refractivity contribution in [2.75, 3.05) is 27.7 Å². The number of aliphatic carboxylic acids is 2. The van der Waals surface area contributed by atoms with Crippen LogP contribution in [0.3, 0.4) is 0 Å². The van der Waals surface area contributed by atoms with Gasteiger partial charge >= 0.3 is 11.9 Å². The summed E-state index contributed by atoms with van der Waals surface area (Å²) >= 11 is 0. The van der Waals surface area contributed by atoms with E-state index in [0.717, 1.165) is 16.5 Å². The zero-order valence-electron chi connectivity index (χ0n) is 17.6. The number of ether oxygens (including phenoxy) is 1. The number of esters is 1. The second kappa shape index (κ2) is 12.2. The Balaban J connectivity index is 0.000000545. The minimum absolute atomic E-state index is 0. The number of nitrogens with two attached hydrogens (primary N) is 1. The number of nitrogens with one attached hydrogen (secondary N) is 1. The van der Waals surface area contributed by atoms with Crippen molar-refractivity contribution in [1.29, 1.82) is 0 Å². The maximum Gasteiger partial charge on any atom is 0.320 e. The molecule has 0 aliphatic heterocycles. The first-order valence-corrected chi connectivity index (χ1v) is 9.10. The summed E-state index contributed by atoms with van der Waals surface area (Å²) < 4.78 is 5.39. The SMILES string of the molecule is CC(=O)OC(CC(=O)[O-])C[N+](C)(C)C.Cl.N[C@@H](Cc1c[nH]c2ccccc12)C(=O)O. The van der Waals surface area contributed by atoms with Gasteiger partial charge in [-0.1, -0.05) is 18.2 Å². The fourth-order valence-corrected chi connectivity index (χ4v) is 2.80. The van der Waals surface area contributed by atoms with Gasteiger partial charge in [0.2, 0.25) is 0 Å². The molecule has 0 saturated heterocycles. The maximum absolute atomic E-state index is 10.7. The Morgan fingerprint density at radius 2 is 1.83 bits per heavy atom. The molecular formula is C20H30ClN3O6. The highest BCUT2D eigenvalue weighted by Crippen LogP contribution is 2.18. The summed E-state index contributed by atoms with van der Waals surface area (Å²) in [5.74, 6) is -2.64. The van der Waals surface area contributed by atoms with Crippen LogP contribution in [0.15, 0.2) is 30.5 Å². The van der Waals surface area contributed by atoms with Crippen molar-refractivity contribution in [2.24, 2.45) is 5.73 Å². The lowest BCUT2D eigenvalue weighted by atomic mass is 10.1. The van der Waals surface area contributed by atoms with Crippen LogP contribution in [0.1, 0.15) is 18.9 Å². The standard InChI is InChI=1S/C11H12N2O2.C9H17NO4.ClH/c12-9(11(14)15)5-7-6-13-10-4-2-1-3-8(7)10;1-7(11)14-8(5-9(12)13)6-10(2,3)4;/h1-4,6,9,13H,5,12H2,(H,14,15);8H,5-6H2,1-4H3;1H/t9-;;/m0../s1. The number of halogens is 1. The van der Waals surface area contributed by atoms with E-state index in [0.29, 0.717) is 17.4 Å². The quantitative estimate of drug-likeness (QED) is 0.393. The number of aromatic nitrogens is 1. The smallest absolute Gasteiger partial charge is 0.320 e. The van der Waals surface area contributed by atoms with Gasteiger partial charge in [0.25, 0.3) is 0 Å². The zero-order valence-corrected chi connectivity index (χ0v) is 18.4. The molecule has 4 N–H and O–H groups in total. The van der Waals surface area contributed by atoms with Crippen LogP contribution in [-0.2, 0) is 25.5 Å². The number of rotatable bonds is 8. The molecule has 0 saturated carbocycles. The number of nitrogens with zero attached hydrogens (tertiary/aromatic N) is 1. The molecule has 1 aromatic heterocycles. The van der Waals surface area contributed by atoms with E-state index in [2.05, 4.69) is 4.98 Å². The second-order valence-electron chi connectivity index (χ2n) is 7.79. The Morgan fingerprint density at radius 3 is 2.33 bits per heavy atom. The van der Waals surface area contributed by atoms with Gasteiger partial charge in [-0.2, -0.15) is 0 Å². The van der Waals surface area contributed by atoms with E-state index in [4.69, 9.17) is 15.6 Å². The van der Waals surface area contributed by atoms with Gasteiger partial charge in [0.1, 0.15) is 12.6 Å². The van der Waals surface area contributed by atoms with E-state index in [1.165, 1.54) is 6.92 Å². The molecule has 1 unspecified atom stereocenters. The molecule has 168 valence electrons. The molecular weight excluding hydrogens is 414 g/mol. The molecule has 0 aliphatic rings. The lowest BCUT2D eigenvalue weighted by molar-refractivity contribution is -0.873. The minimum atomic E-state index is -1.20. The number of hydrogen-bond acceptors (Lipinski definition) is 6. The van der Waals surface area contributed by atoms with Gasteiger partial charge in [0, 0.05) is 42.8 Å². The van der Waals surface area contributed by atoms with E-state index in [-0.39, 0.29) is 18.8 Å². The molecule has 9 nitrogen and oxygen atoms in total. The Labute approximate surface area is 181 Å². The fourth-order valence-electron chi connectivity index (χ4n) is 2.80. The molecule has 1 aromatic carbocycles. The summed E-state index contributed by atoms with van der Waals surface area (Å²) in [6.07, 6.45) is 1.29. The molecule has 0 bridgehead atoms. The minimum Gasteiger partial charge on any atom is -0.550 e. The highest BCUT2D eigenvalue weighted by Gasteiger charge is 2.20. The number of likely N-dealkylation sites (N-methyl/N-ethyl adjacent to an activating group) is 1. The summed E-state index contributed by atoms with van der Waals surface area (Å²) in [7, 11) is 5.68. The Morgan fingerprint density at radius 1 is 1.23 bits per heavy atom. The van der Waals surface area contributed by atoms with E-state index < -0.39 is 30.1 Å². The van der Waals surface area contributed by atoms with Gasteiger partial charge < -0.3 is 34.9 Å². The lowest BCUT2D eigenvalue weighted by Crippen LogP contribution is -2.45. The first kappa shape index (κ1) is 27.4. The Bertz CT molecular complexity index is 830. The number of carbonyl (C=O) groups excluding carboxylic acids is 2. The normalized spacial score (nSPS) is 12.7. The van der Waals surface area contributed by atoms with Crippen molar-refractivity contribution in [3.8, 4) is 0 Å². The average Bonchev–Trinajstić information content (AvgIpc) is 2.95. The van der Waals surface area contributed by atoms with E-state index in [1.54, 1.807) is 0 Å². The topological polar surface area (TPSA) is 146 Å². The zero-order chi connectivity index (χ0) is 22.2. The molecule has 0 radical (unpaired) electrons. The summed E-state index contributed by atoms with van der Waals surface area (Å²) in [6, 6.07) is 6.91. The number of carboxylic acids is 2. The molecule has 0 spiro atoms. The van der Waals surface area contributed by atoms with E-state index >= 15 is 0 Å². The lowest BCUT2D eigenvalue weighted by Gasteiger charge is -2.28. The summed E-state index contributed by atoms with van der Waals surface area (Å²) in [5, 5.41) is 20.1. The van der Waals surface area contributed by atoms with Crippen LogP contribution in [0.25, 0.3) is 10.9 Å². The van der Waals surface area contributed by atoms with E-state index in [9.17, 15) is 19.5 Å². The summed E-state index contributed by atoms with van der Waals surface area (Å²) in [5.41, 5.74) is 7.43. The number of hydrogen-bond donors (Lipinski definition) is 3. The fraction of sp³-hybridized carbons (Fsp3) is 0.450. The third-order valence-electron chi connectivity index (χ3n) is 3.91.